The first-order chi connectivity index (χ1) is 13.5. The Bertz CT molecular complexity index is 653. The number of amides is 4. The van der Waals surface area contributed by atoms with Crippen LogP contribution in [0.15, 0.2) is 0 Å². The van der Waals surface area contributed by atoms with Crippen molar-refractivity contribution in [2.24, 2.45) is 17.4 Å². The molecule has 0 unspecified atom stereocenters. The number of carboxylic acid groups (broad SMARTS) is 1. The summed E-state index contributed by atoms with van der Waals surface area (Å²) in [7, 11) is 0. The summed E-state index contributed by atoms with van der Waals surface area (Å²) in [4.78, 5) is 61.6. The highest BCUT2D eigenvalue weighted by atomic mass is 16.4. The van der Waals surface area contributed by atoms with Crippen LogP contribution in [0.3, 0.4) is 0 Å². The van der Waals surface area contributed by atoms with Crippen molar-refractivity contribution in [2.45, 2.75) is 70.6 Å². The van der Waals surface area contributed by atoms with E-state index in [0.29, 0.717) is 12.8 Å². The number of nitrogens with one attached hydrogen (secondary N) is 2. The third-order valence-corrected chi connectivity index (χ3v) is 5.05. The quantitative estimate of drug-likeness (QED) is 0.282. The molecule has 164 valence electrons. The van der Waals surface area contributed by atoms with Gasteiger partial charge in [-0.3, -0.25) is 19.2 Å². The van der Waals surface area contributed by atoms with Gasteiger partial charge in [-0.15, -0.1) is 0 Å². The normalized spacial score (nSPS) is 20.3. The molecule has 0 radical (unpaired) electrons. The summed E-state index contributed by atoms with van der Waals surface area (Å²) in [5.74, 6) is -4.15. The largest absolute Gasteiger partial charge is 0.480 e. The highest BCUT2D eigenvalue weighted by Gasteiger charge is 2.39. The number of primary amides is 1. The van der Waals surface area contributed by atoms with Crippen molar-refractivity contribution in [1.29, 1.82) is 0 Å². The van der Waals surface area contributed by atoms with Gasteiger partial charge >= 0.3 is 5.97 Å². The smallest absolute Gasteiger partial charge is 0.326 e. The first kappa shape index (κ1) is 24.3. The highest BCUT2D eigenvalue weighted by molar-refractivity contribution is 5.96. The highest BCUT2D eigenvalue weighted by Crippen LogP contribution is 2.19. The molecular formula is C18H31N5O6. The van der Waals surface area contributed by atoms with E-state index in [1.807, 2.05) is 6.92 Å². The number of likely N-dealkylation sites (tertiary alicyclic amines) is 1. The van der Waals surface area contributed by atoms with Crippen molar-refractivity contribution in [1.82, 2.24) is 15.5 Å². The summed E-state index contributed by atoms with van der Waals surface area (Å²) in [6.45, 7) is 5.26. The number of carbonyl (C=O) groups is 5. The number of nitrogens with two attached hydrogens (primary N) is 2. The van der Waals surface area contributed by atoms with Gasteiger partial charge in [0.15, 0.2) is 0 Å². The molecule has 29 heavy (non-hydrogen) atoms. The monoisotopic (exact) mass is 413 g/mol. The maximum Gasteiger partial charge on any atom is 0.326 e. The number of rotatable bonds is 10. The molecule has 0 aliphatic carbocycles. The van der Waals surface area contributed by atoms with Gasteiger partial charge in [-0.1, -0.05) is 20.3 Å². The van der Waals surface area contributed by atoms with Gasteiger partial charge in [0, 0.05) is 6.54 Å². The number of hydrogen-bond acceptors (Lipinski definition) is 6. The second-order valence-electron chi connectivity index (χ2n) is 7.42. The van der Waals surface area contributed by atoms with Crippen LogP contribution in [0.4, 0.5) is 0 Å². The van der Waals surface area contributed by atoms with E-state index < -0.39 is 60.2 Å². The van der Waals surface area contributed by atoms with E-state index in [9.17, 15) is 29.1 Å². The first-order valence-corrected chi connectivity index (χ1v) is 9.67. The van der Waals surface area contributed by atoms with Gasteiger partial charge in [0.1, 0.15) is 18.1 Å². The zero-order valence-electron chi connectivity index (χ0n) is 17.0. The second kappa shape index (κ2) is 10.7. The van der Waals surface area contributed by atoms with E-state index in [-0.39, 0.29) is 18.9 Å². The lowest BCUT2D eigenvalue weighted by Crippen LogP contribution is -2.59. The lowest BCUT2D eigenvalue weighted by atomic mass is 9.97. The van der Waals surface area contributed by atoms with E-state index in [1.54, 1.807) is 6.92 Å². The van der Waals surface area contributed by atoms with E-state index in [0.717, 1.165) is 4.90 Å². The molecular weight excluding hydrogens is 382 g/mol. The first-order valence-electron chi connectivity index (χ1n) is 9.67. The standard InChI is InChI=1S/C18H31N5O6/c1-4-9(2)14(22-15(25)10(3)19)16(26)21-11(8-13(20)24)17(27)23-7-5-6-12(23)18(28)29/h9-12,14H,4-8,19H2,1-3H3,(H2,20,24)(H,21,26)(H,22,25)(H,28,29)/t9-,10-,11-,12-,14-/m0/s1. The Balaban J connectivity index is 3.03. The molecule has 11 nitrogen and oxygen atoms in total. The molecule has 0 saturated carbocycles. The Morgan fingerprint density at radius 3 is 2.24 bits per heavy atom. The number of nitrogens with zero attached hydrogens (tertiary/aromatic N) is 1. The molecule has 1 heterocycles. The van der Waals surface area contributed by atoms with Crippen LogP contribution in [0.25, 0.3) is 0 Å². The third kappa shape index (κ3) is 6.70. The molecule has 0 bridgehead atoms. The Morgan fingerprint density at radius 1 is 1.14 bits per heavy atom. The average molecular weight is 413 g/mol. The maximum absolute atomic E-state index is 12.9. The fraction of sp³-hybridized carbons (Fsp3) is 0.722. The summed E-state index contributed by atoms with van der Waals surface area (Å²) in [6.07, 6.45) is 0.860. The van der Waals surface area contributed by atoms with E-state index in [2.05, 4.69) is 10.6 Å². The third-order valence-electron chi connectivity index (χ3n) is 5.05. The van der Waals surface area contributed by atoms with Gasteiger partial charge in [0.05, 0.1) is 12.5 Å². The van der Waals surface area contributed by atoms with Crippen molar-refractivity contribution in [2.75, 3.05) is 6.54 Å². The fourth-order valence-corrected chi connectivity index (χ4v) is 3.14. The topological polar surface area (TPSA) is 185 Å². The summed E-state index contributed by atoms with van der Waals surface area (Å²) >= 11 is 0. The molecule has 1 aliphatic rings. The molecule has 4 amide bonds. The Kier molecular flexibility index (Phi) is 9.02. The van der Waals surface area contributed by atoms with Crippen LogP contribution in [-0.4, -0.2) is 70.3 Å². The molecule has 5 atom stereocenters. The van der Waals surface area contributed by atoms with Crippen LogP contribution in [-0.2, 0) is 24.0 Å². The summed E-state index contributed by atoms with van der Waals surface area (Å²) < 4.78 is 0. The maximum atomic E-state index is 12.9. The zero-order valence-corrected chi connectivity index (χ0v) is 17.0. The predicted octanol–water partition coefficient (Wildman–Crippen LogP) is -1.70. The van der Waals surface area contributed by atoms with E-state index in [1.165, 1.54) is 6.92 Å². The van der Waals surface area contributed by atoms with Crippen LogP contribution in [0.5, 0.6) is 0 Å². The molecule has 0 aromatic carbocycles. The van der Waals surface area contributed by atoms with Gasteiger partial charge in [-0.25, -0.2) is 4.79 Å². The number of carbonyl (C=O) groups excluding carboxylic acids is 4. The molecule has 0 aromatic heterocycles. The lowest BCUT2D eigenvalue weighted by molar-refractivity contribution is -0.149. The van der Waals surface area contributed by atoms with Crippen molar-refractivity contribution in [3.63, 3.8) is 0 Å². The van der Waals surface area contributed by atoms with Crippen molar-refractivity contribution < 1.29 is 29.1 Å². The minimum atomic E-state index is -1.32. The lowest BCUT2D eigenvalue weighted by Gasteiger charge is -2.29. The van der Waals surface area contributed by atoms with Crippen molar-refractivity contribution in [3.05, 3.63) is 0 Å². The average Bonchev–Trinajstić information content (AvgIpc) is 3.13. The van der Waals surface area contributed by atoms with Crippen molar-refractivity contribution in [3.8, 4) is 0 Å². The molecule has 7 N–H and O–H groups in total. The van der Waals surface area contributed by atoms with Crippen LogP contribution in [0, 0.1) is 5.92 Å². The van der Waals surface area contributed by atoms with E-state index in [4.69, 9.17) is 11.5 Å². The zero-order chi connectivity index (χ0) is 22.3. The summed E-state index contributed by atoms with van der Waals surface area (Å²) in [5, 5.41) is 14.3. The Labute approximate surface area is 169 Å². The molecule has 1 saturated heterocycles. The number of aliphatic carboxylic acids is 1. The van der Waals surface area contributed by atoms with Crippen LogP contribution in [0.2, 0.25) is 0 Å². The fourth-order valence-electron chi connectivity index (χ4n) is 3.14. The van der Waals surface area contributed by atoms with Gasteiger partial charge in [-0.05, 0) is 25.7 Å². The van der Waals surface area contributed by atoms with Crippen LogP contribution < -0.4 is 22.1 Å². The molecule has 1 rings (SSSR count). The van der Waals surface area contributed by atoms with Gasteiger partial charge in [-0.2, -0.15) is 0 Å². The van der Waals surface area contributed by atoms with Crippen molar-refractivity contribution >= 4 is 29.6 Å². The minimum absolute atomic E-state index is 0.206. The molecule has 1 fully saturated rings. The molecule has 11 heteroatoms. The molecule has 1 aliphatic heterocycles. The van der Waals surface area contributed by atoms with Crippen LogP contribution >= 0.6 is 0 Å². The van der Waals surface area contributed by atoms with E-state index >= 15 is 0 Å². The van der Waals surface area contributed by atoms with Gasteiger partial charge in [0.25, 0.3) is 0 Å². The van der Waals surface area contributed by atoms with Crippen LogP contribution in [0.1, 0.15) is 46.5 Å². The molecule has 0 aromatic rings. The number of carboxylic acids is 1. The van der Waals surface area contributed by atoms with Gasteiger partial charge < -0.3 is 32.1 Å². The summed E-state index contributed by atoms with van der Waals surface area (Å²) in [6, 6.07) is -4.15. The summed E-state index contributed by atoms with van der Waals surface area (Å²) in [5.41, 5.74) is 10.8. The van der Waals surface area contributed by atoms with Gasteiger partial charge in [0.2, 0.25) is 23.6 Å². The predicted molar refractivity (Wildman–Crippen MR) is 103 cm³/mol. The number of hydrogen-bond donors (Lipinski definition) is 5. The molecule has 0 spiro atoms. The minimum Gasteiger partial charge on any atom is -0.480 e. The Hall–Kier alpha value is -2.69. The Morgan fingerprint density at radius 2 is 1.76 bits per heavy atom. The second-order valence-corrected chi connectivity index (χ2v) is 7.42. The SMILES string of the molecule is CC[C@H](C)[C@H](NC(=O)[C@H](C)N)C(=O)N[C@@H](CC(N)=O)C(=O)N1CCC[C@H]1C(=O)O.